The highest BCUT2D eigenvalue weighted by Crippen LogP contribution is 2.65. The highest BCUT2D eigenvalue weighted by Gasteiger charge is 2.55. The lowest BCUT2D eigenvalue weighted by Gasteiger charge is -2.51. The first-order valence-corrected chi connectivity index (χ1v) is 10.4. The van der Waals surface area contributed by atoms with Gasteiger partial charge in [0, 0.05) is 12.4 Å². The monoisotopic (exact) mass is 363 g/mol. The fourth-order valence-corrected chi connectivity index (χ4v) is 6.88. The highest BCUT2D eigenvalue weighted by molar-refractivity contribution is 5.49. The molecule has 1 aromatic heterocycles. The number of phenols is 1. The minimum absolute atomic E-state index is 0.285. The van der Waals surface area contributed by atoms with Gasteiger partial charge in [-0.1, -0.05) is 13.0 Å². The number of phenolic OH excluding ortho intramolecular Hbond substituents is 1. The summed E-state index contributed by atoms with van der Waals surface area (Å²) in [6.07, 6.45) is 11.5. The maximum absolute atomic E-state index is 10.2. The number of fused-ring (bicyclic) bond motifs is 5. The molecule has 0 saturated heterocycles. The highest BCUT2D eigenvalue weighted by atomic mass is 16.5. The van der Waals surface area contributed by atoms with Gasteiger partial charge in [-0.05, 0) is 103 Å². The largest absolute Gasteiger partial charge is 0.504 e. The van der Waals surface area contributed by atoms with Crippen molar-refractivity contribution in [2.45, 2.75) is 57.3 Å². The number of aryl methyl sites for hydroxylation is 1. The van der Waals surface area contributed by atoms with Crippen molar-refractivity contribution in [3.8, 4) is 11.5 Å². The third-order valence-corrected chi connectivity index (χ3v) is 8.11. The van der Waals surface area contributed by atoms with Gasteiger partial charge in [0.05, 0.1) is 7.11 Å². The third kappa shape index (κ3) is 2.50. The van der Waals surface area contributed by atoms with Gasteiger partial charge in [-0.15, -0.1) is 0 Å². The molecular formula is C24H29NO2. The first kappa shape index (κ1) is 17.1. The molecular weight excluding hydrogens is 334 g/mol. The van der Waals surface area contributed by atoms with Crippen molar-refractivity contribution in [1.29, 1.82) is 0 Å². The zero-order valence-corrected chi connectivity index (χ0v) is 16.3. The molecule has 0 spiro atoms. The zero-order valence-electron chi connectivity index (χ0n) is 16.3. The van der Waals surface area contributed by atoms with E-state index >= 15 is 0 Å². The second-order valence-corrected chi connectivity index (χ2v) is 9.10. The lowest BCUT2D eigenvalue weighted by Crippen LogP contribution is -2.41. The number of methoxy groups -OCH3 is 1. The molecule has 1 heterocycles. The first-order chi connectivity index (χ1) is 13.1. The maximum Gasteiger partial charge on any atom is 0.160 e. The molecule has 3 aliphatic carbocycles. The van der Waals surface area contributed by atoms with Crippen molar-refractivity contribution in [3.05, 3.63) is 53.3 Å². The lowest BCUT2D eigenvalue weighted by molar-refractivity contribution is 0.0480. The molecule has 2 saturated carbocycles. The van der Waals surface area contributed by atoms with Gasteiger partial charge in [-0.3, -0.25) is 4.98 Å². The number of rotatable bonds is 2. The number of ether oxygens (including phenoxy) is 1. The molecule has 5 atom stereocenters. The van der Waals surface area contributed by atoms with Crippen LogP contribution in [0.1, 0.15) is 67.6 Å². The number of hydrogen-bond acceptors (Lipinski definition) is 3. The van der Waals surface area contributed by atoms with E-state index in [2.05, 4.69) is 36.3 Å². The Balaban J connectivity index is 1.49. The van der Waals surface area contributed by atoms with Crippen LogP contribution in [0.5, 0.6) is 11.5 Å². The molecule has 1 N–H and O–H groups in total. The van der Waals surface area contributed by atoms with Crippen molar-refractivity contribution in [1.82, 2.24) is 4.98 Å². The molecule has 2 fully saturated rings. The topological polar surface area (TPSA) is 42.4 Å². The fraction of sp³-hybridized carbons (Fsp3) is 0.542. The average Bonchev–Trinajstić information content (AvgIpc) is 3.05. The SMILES string of the molecule is COc1cc2c(cc1O)CC[C@@H]1[C@@H]2CC[C@]2(C)[C@@H](c3cccnc3)CC[C@@H]12. The van der Waals surface area contributed by atoms with Gasteiger partial charge in [-0.2, -0.15) is 0 Å². The van der Waals surface area contributed by atoms with Crippen molar-refractivity contribution in [2.75, 3.05) is 7.11 Å². The summed E-state index contributed by atoms with van der Waals surface area (Å²) in [6, 6.07) is 8.44. The van der Waals surface area contributed by atoms with Crippen LogP contribution < -0.4 is 4.74 Å². The van der Waals surface area contributed by atoms with E-state index in [1.165, 1.54) is 48.8 Å². The minimum Gasteiger partial charge on any atom is -0.504 e. The number of aromatic hydroxyl groups is 1. The van der Waals surface area contributed by atoms with Gasteiger partial charge >= 0.3 is 0 Å². The van der Waals surface area contributed by atoms with E-state index in [-0.39, 0.29) is 5.75 Å². The summed E-state index contributed by atoms with van der Waals surface area (Å²) in [5, 5.41) is 10.2. The van der Waals surface area contributed by atoms with Crippen LogP contribution in [0.2, 0.25) is 0 Å². The van der Waals surface area contributed by atoms with Crippen molar-refractivity contribution in [3.63, 3.8) is 0 Å². The minimum atomic E-state index is 0.285. The molecule has 0 aliphatic heterocycles. The van der Waals surface area contributed by atoms with E-state index in [9.17, 15) is 5.11 Å². The molecule has 1 aromatic carbocycles. The Morgan fingerprint density at radius 3 is 2.85 bits per heavy atom. The van der Waals surface area contributed by atoms with Gasteiger partial charge in [0.2, 0.25) is 0 Å². The number of nitrogens with zero attached hydrogens (tertiary/aromatic N) is 1. The van der Waals surface area contributed by atoms with Crippen LogP contribution in [0, 0.1) is 17.3 Å². The van der Waals surface area contributed by atoms with E-state index in [1.54, 1.807) is 7.11 Å². The molecule has 3 nitrogen and oxygen atoms in total. The van der Waals surface area contributed by atoms with Crippen LogP contribution in [-0.4, -0.2) is 17.2 Å². The van der Waals surface area contributed by atoms with Crippen LogP contribution in [0.25, 0.3) is 0 Å². The Kier molecular flexibility index (Phi) is 3.96. The summed E-state index contributed by atoms with van der Waals surface area (Å²) in [5.74, 6) is 3.72. The second-order valence-electron chi connectivity index (χ2n) is 9.10. The van der Waals surface area contributed by atoms with Gasteiger partial charge in [0.15, 0.2) is 11.5 Å². The molecule has 3 heteroatoms. The number of aromatic nitrogens is 1. The molecule has 0 radical (unpaired) electrons. The lowest BCUT2D eigenvalue weighted by atomic mass is 9.53. The molecule has 5 rings (SSSR count). The van der Waals surface area contributed by atoms with Gasteiger partial charge in [0.1, 0.15) is 0 Å². The smallest absolute Gasteiger partial charge is 0.160 e. The van der Waals surface area contributed by atoms with Crippen molar-refractivity contribution < 1.29 is 9.84 Å². The van der Waals surface area contributed by atoms with Crippen LogP contribution in [0.3, 0.4) is 0 Å². The van der Waals surface area contributed by atoms with E-state index < -0.39 is 0 Å². The molecule has 0 unspecified atom stereocenters. The standard InChI is InChI=1S/C24H29NO2/c1-24-10-9-17-18(6-5-15-12-22(26)23(27-2)13-19(15)17)21(24)8-7-20(24)16-4-3-11-25-14-16/h3-4,11-14,17-18,20-21,26H,5-10H2,1-2H3/t17-,18+,20+,21-,24+/m0/s1. The predicted molar refractivity (Wildman–Crippen MR) is 106 cm³/mol. The van der Waals surface area contributed by atoms with E-state index in [4.69, 9.17) is 4.74 Å². The predicted octanol–water partition coefficient (Wildman–Crippen LogP) is 5.44. The zero-order chi connectivity index (χ0) is 18.6. The number of benzene rings is 1. The normalized spacial score (nSPS) is 34.4. The van der Waals surface area contributed by atoms with Gasteiger partial charge in [-0.25, -0.2) is 0 Å². The van der Waals surface area contributed by atoms with E-state index in [1.807, 2.05) is 12.3 Å². The van der Waals surface area contributed by atoms with E-state index in [0.29, 0.717) is 23.0 Å². The quantitative estimate of drug-likeness (QED) is 0.773. The van der Waals surface area contributed by atoms with Crippen LogP contribution in [0.4, 0.5) is 0 Å². The summed E-state index contributed by atoms with van der Waals surface area (Å²) in [5.41, 5.74) is 4.60. The number of hydrogen-bond donors (Lipinski definition) is 1. The Labute approximate surface area is 161 Å². The van der Waals surface area contributed by atoms with Gasteiger partial charge < -0.3 is 9.84 Å². The fourth-order valence-electron chi connectivity index (χ4n) is 6.88. The molecule has 0 amide bonds. The van der Waals surface area contributed by atoms with Crippen LogP contribution >= 0.6 is 0 Å². The number of pyridine rings is 1. The molecule has 0 bridgehead atoms. The maximum atomic E-state index is 10.2. The van der Waals surface area contributed by atoms with Gasteiger partial charge in [0.25, 0.3) is 0 Å². The average molecular weight is 364 g/mol. The van der Waals surface area contributed by atoms with E-state index in [0.717, 1.165) is 18.3 Å². The van der Waals surface area contributed by atoms with Crippen LogP contribution in [-0.2, 0) is 6.42 Å². The Hall–Kier alpha value is -2.03. The summed E-state index contributed by atoms with van der Waals surface area (Å²) < 4.78 is 5.42. The summed E-state index contributed by atoms with van der Waals surface area (Å²) in [4.78, 5) is 4.40. The molecule has 2 aromatic rings. The summed E-state index contributed by atoms with van der Waals surface area (Å²) in [6.45, 7) is 2.55. The molecule has 3 aliphatic rings. The van der Waals surface area contributed by atoms with Crippen molar-refractivity contribution >= 4 is 0 Å². The van der Waals surface area contributed by atoms with Crippen LogP contribution in [0.15, 0.2) is 36.7 Å². The third-order valence-electron chi connectivity index (χ3n) is 8.11. The molecule has 27 heavy (non-hydrogen) atoms. The summed E-state index contributed by atoms with van der Waals surface area (Å²) >= 11 is 0. The second kappa shape index (κ2) is 6.25. The van der Waals surface area contributed by atoms with Crippen molar-refractivity contribution in [2.24, 2.45) is 17.3 Å². The summed E-state index contributed by atoms with van der Waals surface area (Å²) in [7, 11) is 1.65. The first-order valence-electron chi connectivity index (χ1n) is 10.4. The Morgan fingerprint density at radius 2 is 2.07 bits per heavy atom. The molecule has 142 valence electrons. The Morgan fingerprint density at radius 1 is 1.19 bits per heavy atom. The Bertz CT molecular complexity index is 849.